The zero-order chi connectivity index (χ0) is 21.5. The monoisotopic (exact) mass is 544 g/mol. The van der Waals surface area contributed by atoms with E-state index in [0.717, 1.165) is 5.56 Å². The molecule has 0 saturated heterocycles. The maximum absolute atomic E-state index is 12.8. The fourth-order valence-corrected chi connectivity index (χ4v) is 4.17. The highest BCUT2D eigenvalue weighted by atomic mass is 127. The predicted molar refractivity (Wildman–Crippen MR) is 115 cm³/mol. The molecule has 0 aliphatic rings. The van der Waals surface area contributed by atoms with Gasteiger partial charge in [0.25, 0.3) is 0 Å². The van der Waals surface area contributed by atoms with Gasteiger partial charge in [-0.15, -0.1) is 0 Å². The van der Waals surface area contributed by atoms with E-state index < -0.39 is 21.4 Å². The summed E-state index contributed by atoms with van der Waals surface area (Å²) in [6.07, 6.45) is 0. The van der Waals surface area contributed by atoms with E-state index in [1.54, 1.807) is 52.9 Å². The van der Waals surface area contributed by atoms with E-state index in [0.29, 0.717) is 27.9 Å². The van der Waals surface area contributed by atoms with Crippen molar-refractivity contribution in [3.63, 3.8) is 0 Å². The van der Waals surface area contributed by atoms with Crippen molar-refractivity contribution in [3.8, 4) is 28.4 Å². The highest BCUT2D eigenvalue weighted by Gasteiger charge is 2.48. The maximum Gasteiger partial charge on any atom is 0.534 e. The fourth-order valence-electron chi connectivity index (χ4n) is 2.98. The molecule has 30 heavy (non-hydrogen) atoms. The van der Waals surface area contributed by atoms with E-state index in [4.69, 9.17) is 4.42 Å². The van der Waals surface area contributed by atoms with Crippen LogP contribution in [0.4, 0.5) is 13.2 Å². The minimum Gasteiger partial charge on any atom is -0.455 e. The Kier molecular flexibility index (Phi) is 5.27. The van der Waals surface area contributed by atoms with Crippen molar-refractivity contribution < 1.29 is 30.2 Å². The molecule has 0 aliphatic carbocycles. The van der Waals surface area contributed by atoms with Gasteiger partial charge in [0.1, 0.15) is 11.5 Å². The molecule has 0 atom stereocenters. The standard InChI is InChI=1S/C21H12F3IO4S/c22-21(23,24)30(26,27)29-18-12-16-15(11-17(18)25)19(13-7-3-1-4-8-13)28-20(16)14-9-5-2-6-10-14/h1-12H. The molecule has 3 aromatic carbocycles. The molecule has 9 heteroatoms. The first-order valence-corrected chi connectivity index (χ1v) is 11.0. The SMILES string of the molecule is O=S(=O)(Oc1cc2c(-c3ccccc3)oc(-c3ccccc3)c2cc1I)C(F)(F)F. The van der Waals surface area contributed by atoms with Gasteiger partial charge < -0.3 is 8.60 Å². The van der Waals surface area contributed by atoms with Crippen LogP contribution >= 0.6 is 22.6 Å². The summed E-state index contributed by atoms with van der Waals surface area (Å²) in [5, 5.41) is 1.06. The van der Waals surface area contributed by atoms with Crippen LogP contribution in [0, 0.1) is 3.57 Å². The molecule has 0 N–H and O–H groups in total. The number of alkyl halides is 3. The van der Waals surface area contributed by atoms with Gasteiger partial charge in [-0.2, -0.15) is 21.6 Å². The molecule has 0 bridgehead atoms. The minimum atomic E-state index is -5.80. The molecule has 4 rings (SSSR count). The minimum absolute atomic E-state index is 0.200. The van der Waals surface area contributed by atoms with Crippen LogP contribution in [0.2, 0.25) is 0 Å². The number of hydrogen-bond acceptors (Lipinski definition) is 4. The molecular formula is C21H12F3IO4S. The van der Waals surface area contributed by atoms with Gasteiger partial charge in [0.15, 0.2) is 5.75 Å². The Labute approximate surface area is 183 Å². The van der Waals surface area contributed by atoms with Crippen LogP contribution in [0.15, 0.2) is 77.2 Å². The van der Waals surface area contributed by atoms with Crippen LogP contribution in [0.25, 0.3) is 33.4 Å². The van der Waals surface area contributed by atoms with Crippen molar-refractivity contribution in [1.29, 1.82) is 0 Å². The molecule has 0 spiro atoms. The van der Waals surface area contributed by atoms with Gasteiger partial charge in [0.05, 0.1) is 3.57 Å². The van der Waals surface area contributed by atoms with Crippen LogP contribution in [0.1, 0.15) is 0 Å². The molecule has 0 unspecified atom stereocenters. The quantitative estimate of drug-likeness (QED) is 0.165. The summed E-state index contributed by atoms with van der Waals surface area (Å²) in [6, 6.07) is 21.0. The Morgan fingerprint density at radius 1 is 0.800 bits per heavy atom. The number of fused-ring (bicyclic) bond motifs is 1. The lowest BCUT2D eigenvalue weighted by molar-refractivity contribution is -0.0500. The Hall–Kier alpha value is -2.53. The lowest BCUT2D eigenvalue weighted by atomic mass is 10.0. The second kappa shape index (κ2) is 7.62. The van der Waals surface area contributed by atoms with Crippen LogP contribution in [0.3, 0.4) is 0 Å². The molecule has 4 aromatic rings. The van der Waals surface area contributed by atoms with Gasteiger partial charge in [-0.25, -0.2) is 0 Å². The van der Waals surface area contributed by atoms with Gasteiger partial charge >= 0.3 is 15.6 Å². The molecule has 4 nitrogen and oxygen atoms in total. The second-order valence-corrected chi connectivity index (χ2v) is 9.00. The van der Waals surface area contributed by atoms with Crippen molar-refractivity contribution in [1.82, 2.24) is 0 Å². The summed E-state index contributed by atoms with van der Waals surface area (Å²) in [5.74, 6) is 0.501. The predicted octanol–water partition coefficient (Wildman–Crippen LogP) is 6.60. The van der Waals surface area contributed by atoms with Crippen molar-refractivity contribution in [3.05, 3.63) is 76.4 Å². The number of halogens is 4. The Balaban J connectivity index is 1.96. The normalized spacial score (nSPS) is 12.3. The third-order valence-electron chi connectivity index (χ3n) is 4.32. The van der Waals surface area contributed by atoms with Crippen LogP contribution in [0.5, 0.6) is 5.75 Å². The first-order valence-electron chi connectivity index (χ1n) is 8.55. The van der Waals surface area contributed by atoms with Gasteiger partial charge in [-0.1, -0.05) is 60.7 Å². The van der Waals surface area contributed by atoms with Crippen molar-refractivity contribution in [2.24, 2.45) is 0 Å². The molecule has 0 fully saturated rings. The Bertz CT molecular complexity index is 1320. The average molecular weight is 544 g/mol. The number of furan rings is 1. The summed E-state index contributed by atoms with van der Waals surface area (Å²) in [6.45, 7) is 0. The van der Waals surface area contributed by atoms with E-state index in [-0.39, 0.29) is 3.57 Å². The number of hydrogen-bond donors (Lipinski definition) is 0. The highest BCUT2D eigenvalue weighted by molar-refractivity contribution is 14.1. The lowest BCUT2D eigenvalue weighted by Crippen LogP contribution is -2.28. The van der Waals surface area contributed by atoms with E-state index in [1.165, 1.54) is 6.07 Å². The molecule has 0 aliphatic heterocycles. The Morgan fingerprint density at radius 2 is 1.27 bits per heavy atom. The molecular weight excluding hydrogens is 532 g/mol. The largest absolute Gasteiger partial charge is 0.534 e. The van der Waals surface area contributed by atoms with Crippen LogP contribution < -0.4 is 4.18 Å². The summed E-state index contributed by atoms with van der Waals surface area (Å²) in [7, 11) is -5.80. The van der Waals surface area contributed by atoms with E-state index >= 15 is 0 Å². The highest BCUT2D eigenvalue weighted by Crippen LogP contribution is 2.43. The average Bonchev–Trinajstić information content (AvgIpc) is 3.07. The van der Waals surface area contributed by atoms with Crippen molar-refractivity contribution in [2.75, 3.05) is 0 Å². The molecule has 1 aromatic heterocycles. The third-order valence-corrected chi connectivity index (χ3v) is 6.13. The summed E-state index contributed by atoms with van der Waals surface area (Å²) < 4.78 is 72.2. The first kappa shape index (κ1) is 20.7. The first-order chi connectivity index (χ1) is 14.2. The summed E-state index contributed by atoms with van der Waals surface area (Å²) in [4.78, 5) is 0. The second-order valence-electron chi connectivity index (χ2n) is 6.30. The number of benzene rings is 3. The fraction of sp³-hybridized carbons (Fsp3) is 0.0476. The molecule has 154 valence electrons. The number of rotatable bonds is 4. The van der Waals surface area contributed by atoms with Crippen LogP contribution in [-0.4, -0.2) is 13.9 Å². The lowest BCUT2D eigenvalue weighted by Gasteiger charge is -2.11. The Morgan fingerprint density at radius 3 is 1.73 bits per heavy atom. The zero-order valence-electron chi connectivity index (χ0n) is 15.0. The van der Waals surface area contributed by atoms with Gasteiger partial charge in [-0.05, 0) is 34.7 Å². The maximum atomic E-state index is 12.8. The molecule has 0 radical (unpaired) electrons. The van der Waals surface area contributed by atoms with Crippen molar-refractivity contribution >= 4 is 43.5 Å². The van der Waals surface area contributed by atoms with E-state index in [1.807, 2.05) is 36.4 Å². The third kappa shape index (κ3) is 3.79. The summed E-state index contributed by atoms with van der Waals surface area (Å²) in [5.41, 5.74) is -4.06. The summed E-state index contributed by atoms with van der Waals surface area (Å²) >= 11 is 1.74. The van der Waals surface area contributed by atoms with E-state index in [9.17, 15) is 21.6 Å². The van der Waals surface area contributed by atoms with Crippen LogP contribution in [-0.2, 0) is 10.1 Å². The van der Waals surface area contributed by atoms with Crippen molar-refractivity contribution in [2.45, 2.75) is 5.51 Å². The zero-order valence-corrected chi connectivity index (χ0v) is 18.0. The molecule has 1 heterocycles. The van der Waals surface area contributed by atoms with Gasteiger partial charge in [-0.3, -0.25) is 0 Å². The molecule has 0 amide bonds. The topological polar surface area (TPSA) is 56.5 Å². The van der Waals surface area contributed by atoms with Gasteiger partial charge in [0, 0.05) is 21.9 Å². The smallest absolute Gasteiger partial charge is 0.455 e. The van der Waals surface area contributed by atoms with Gasteiger partial charge in [0.2, 0.25) is 0 Å². The van der Waals surface area contributed by atoms with E-state index in [2.05, 4.69) is 4.18 Å². The molecule has 0 saturated carbocycles.